The number of benzene rings is 1. The average molecular weight is 319 g/mol. The highest BCUT2D eigenvalue weighted by Gasteiger charge is 2.21. The first-order valence-electron chi connectivity index (χ1n) is 4.90. The van der Waals surface area contributed by atoms with E-state index in [2.05, 4.69) is 52.2 Å². The van der Waals surface area contributed by atoms with Gasteiger partial charge in [0.05, 0.1) is 0 Å². The van der Waals surface area contributed by atoms with Gasteiger partial charge in [0, 0.05) is 34.1 Å². The maximum absolute atomic E-state index is 3.50. The van der Waals surface area contributed by atoms with Gasteiger partial charge in [-0.25, -0.2) is 0 Å². The summed E-state index contributed by atoms with van der Waals surface area (Å²) in [7, 11) is 0. The predicted octanol–water partition coefficient (Wildman–Crippen LogP) is 2.90. The fraction of sp³-hybridized carbons (Fsp3) is 0.455. The van der Waals surface area contributed by atoms with Crippen molar-refractivity contribution in [1.29, 1.82) is 0 Å². The molecule has 1 N–H and O–H groups in total. The molecule has 2 rings (SSSR count). The summed E-state index contributed by atoms with van der Waals surface area (Å²) in [5.41, 5.74) is 1.54. The van der Waals surface area contributed by atoms with Gasteiger partial charge >= 0.3 is 0 Å². The first kappa shape index (κ1) is 10.8. The zero-order valence-electron chi connectivity index (χ0n) is 8.00. The van der Waals surface area contributed by atoms with Gasteiger partial charge in [-0.1, -0.05) is 40.8 Å². The van der Waals surface area contributed by atoms with Crippen LogP contribution in [-0.4, -0.2) is 23.3 Å². The summed E-state index contributed by atoms with van der Waals surface area (Å²) in [5.74, 6) is 1.97. The van der Waals surface area contributed by atoms with Crippen LogP contribution in [0.2, 0.25) is 0 Å². The molecular formula is C11H14INS. The number of rotatable bonds is 4. The van der Waals surface area contributed by atoms with Crippen molar-refractivity contribution in [2.24, 2.45) is 0 Å². The van der Waals surface area contributed by atoms with E-state index in [0.717, 1.165) is 19.0 Å². The Kier molecular flexibility index (Phi) is 4.13. The summed E-state index contributed by atoms with van der Waals surface area (Å²) < 4.78 is 1.19. The second-order valence-electron chi connectivity index (χ2n) is 3.44. The van der Waals surface area contributed by atoms with Crippen LogP contribution in [0.1, 0.15) is 11.5 Å². The molecule has 1 unspecified atom stereocenters. The lowest BCUT2D eigenvalue weighted by Gasteiger charge is -2.10. The number of hydrogen-bond donors (Lipinski definition) is 1. The van der Waals surface area contributed by atoms with E-state index >= 15 is 0 Å². The largest absolute Gasteiger partial charge is 0.315 e. The summed E-state index contributed by atoms with van der Waals surface area (Å²) in [6.07, 6.45) is 0. The fourth-order valence-corrected chi connectivity index (χ4v) is 3.38. The van der Waals surface area contributed by atoms with E-state index in [-0.39, 0.29) is 0 Å². The molecule has 3 heteroatoms. The molecule has 76 valence electrons. The maximum Gasteiger partial charge on any atom is 0.0121 e. The van der Waals surface area contributed by atoms with Gasteiger partial charge < -0.3 is 5.32 Å². The Labute approximate surface area is 103 Å². The van der Waals surface area contributed by atoms with Gasteiger partial charge in [-0.3, -0.25) is 0 Å². The van der Waals surface area contributed by atoms with E-state index < -0.39 is 0 Å². The van der Waals surface area contributed by atoms with Crippen LogP contribution in [0.25, 0.3) is 0 Å². The topological polar surface area (TPSA) is 12.0 Å². The lowest BCUT2D eigenvalue weighted by molar-refractivity contribution is 0.647. The summed E-state index contributed by atoms with van der Waals surface area (Å²) >= 11 is 4.40. The van der Waals surface area contributed by atoms with E-state index in [1.54, 1.807) is 5.56 Å². The normalized spacial score (nSPS) is 19.6. The van der Waals surface area contributed by atoms with Crippen LogP contribution in [-0.2, 0) is 0 Å². The number of alkyl halides is 1. The van der Waals surface area contributed by atoms with Crippen molar-refractivity contribution in [2.75, 3.05) is 23.3 Å². The Morgan fingerprint density at radius 1 is 1.43 bits per heavy atom. The van der Waals surface area contributed by atoms with E-state index in [1.807, 2.05) is 11.8 Å². The predicted molar refractivity (Wildman–Crippen MR) is 71.7 cm³/mol. The summed E-state index contributed by atoms with van der Waals surface area (Å²) in [6.45, 7) is 2.26. The van der Waals surface area contributed by atoms with Gasteiger partial charge in [0.25, 0.3) is 0 Å². The SMILES string of the molecule is ICCNCC1CSc2ccccc21. The molecule has 1 nitrogen and oxygen atoms in total. The molecule has 0 aliphatic carbocycles. The third-order valence-electron chi connectivity index (χ3n) is 2.46. The smallest absolute Gasteiger partial charge is 0.0121 e. The highest BCUT2D eigenvalue weighted by Crippen LogP contribution is 2.38. The first-order valence-corrected chi connectivity index (χ1v) is 7.41. The minimum Gasteiger partial charge on any atom is -0.315 e. The number of fused-ring (bicyclic) bond motifs is 1. The van der Waals surface area contributed by atoms with E-state index in [1.165, 1.54) is 15.1 Å². The van der Waals surface area contributed by atoms with Gasteiger partial charge in [0.2, 0.25) is 0 Å². The van der Waals surface area contributed by atoms with Crippen LogP contribution in [0.3, 0.4) is 0 Å². The summed E-state index contributed by atoms with van der Waals surface area (Å²) in [6, 6.07) is 8.78. The Hall–Kier alpha value is 0.260. The van der Waals surface area contributed by atoms with Crippen LogP contribution in [0, 0.1) is 0 Å². The fourth-order valence-electron chi connectivity index (χ4n) is 1.74. The highest BCUT2D eigenvalue weighted by atomic mass is 127. The molecule has 1 aliphatic heterocycles. The molecule has 0 bridgehead atoms. The standard InChI is InChI=1S/C11H14INS/c12-5-6-13-7-9-8-14-11-4-2-1-3-10(9)11/h1-4,9,13H,5-8H2. The molecule has 1 heterocycles. The van der Waals surface area contributed by atoms with E-state index in [9.17, 15) is 0 Å². The third-order valence-corrected chi connectivity index (χ3v) is 4.25. The molecule has 0 aromatic heterocycles. The minimum atomic E-state index is 0.721. The Balaban J connectivity index is 1.96. The molecule has 0 saturated heterocycles. The second kappa shape index (κ2) is 5.37. The van der Waals surface area contributed by atoms with Crippen LogP contribution in [0.5, 0.6) is 0 Å². The van der Waals surface area contributed by atoms with Gasteiger partial charge in [-0.05, 0) is 11.6 Å². The second-order valence-corrected chi connectivity index (χ2v) is 5.58. The van der Waals surface area contributed by atoms with Crippen molar-refractivity contribution in [1.82, 2.24) is 5.32 Å². The molecule has 0 saturated carbocycles. The van der Waals surface area contributed by atoms with Gasteiger partial charge in [-0.2, -0.15) is 0 Å². The number of hydrogen-bond acceptors (Lipinski definition) is 2. The van der Waals surface area contributed by atoms with Gasteiger partial charge in [-0.15, -0.1) is 11.8 Å². The van der Waals surface area contributed by atoms with Crippen LogP contribution in [0.15, 0.2) is 29.2 Å². The van der Waals surface area contributed by atoms with E-state index in [4.69, 9.17) is 0 Å². The summed E-state index contributed by atoms with van der Waals surface area (Å²) in [4.78, 5) is 1.48. The summed E-state index contributed by atoms with van der Waals surface area (Å²) in [5, 5.41) is 3.50. The molecule has 14 heavy (non-hydrogen) atoms. The molecule has 0 amide bonds. The minimum absolute atomic E-state index is 0.721. The molecule has 0 fully saturated rings. The number of halogens is 1. The van der Waals surface area contributed by atoms with Crippen LogP contribution in [0.4, 0.5) is 0 Å². The van der Waals surface area contributed by atoms with Gasteiger partial charge in [0.15, 0.2) is 0 Å². The van der Waals surface area contributed by atoms with Crippen LogP contribution < -0.4 is 5.32 Å². The van der Waals surface area contributed by atoms with Crippen LogP contribution >= 0.6 is 34.4 Å². The third kappa shape index (κ3) is 2.44. The maximum atomic E-state index is 3.50. The number of nitrogens with one attached hydrogen (secondary N) is 1. The highest BCUT2D eigenvalue weighted by molar-refractivity contribution is 14.1. The molecule has 1 aliphatic rings. The Bertz CT molecular complexity index is 303. The molecule has 0 radical (unpaired) electrons. The van der Waals surface area contributed by atoms with Crippen molar-refractivity contribution in [2.45, 2.75) is 10.8 Å². The van der Waals surface area contributed by atoms with E-state index in [0.29, 0.717) is 0 Å². The quantitative estimate of drug-likeness (QED) is 0.520. The van der Waals surface area contributed by atoms with Gasteiger partial charge in [0.1, 0.15) is 0 Å². The average Bonchev–Trinajstić information content (AvgIpc) is 2.63. The first-order chi connectivity index (χ1) is 6.92. The molecule has 1 atom stereocenters. The van der Waals surface area contributed by atoms with Crippen molar-refractivity contribution >= 4 is 34.4 Å². The zero-order chi connectivity index (χ0) is 9.80. The van der Waals surface area contributed by atoms with Crippen molar-refractivity contribution in [3.8, 4) is 0 Å². The lowest BCUT2D eigenvalue weighted by Crippen LogP contribution is -2.23. The lowest BCUT2D eigenvalue weighted by atomic mass is 10.0. The molecular weight excluding hydrogens is 305 g/mol. The van der Waals surface area contributed by atoms with Crippen molar-refractivity contribution < 1.29 is 0 Å². The zero-order valence-corrected chi connectivity index (χ0v) is 11.0. The number of thioether (sulfide) groups is 1. The molecule has 1 aromatic carbocycles. The van der Waals surface area contributed by atoms with Crippen molar-refractivity contribution in [3.63, 3.8) is 0 Å². The molecule has 1 aromatic rings. The molecule has 0 spiro atoms. The Morgan fingerprint density at radius 2 is 2.29 bits per heavy atom. The van der Waals surface area contributed by atoms with Crippen molar-refractivity contribution in [3.05, 3.63) is 29.8 Å². The Morgan fingerprint density at radius 3 is 3.14 bits per heavy atom. The monoisotopic (exact) mass is 319 g/mol.